The number of ketones is 1. The maximum absolute atomic E-state index is 11.3. The molecule has 0 aromatic carbocycles. The van der Waals surface area contributed by atoms with Crippen LogP contribution in [0.2, 0.25) is 6.82 Å². The Bertz CT molecular complexity index is 243. The molecule has 0 amide bonds. The minimum atomic E-state index is -0.729. The van der Waals surface area contributed by atoms with Crippen LogP contribution in [0.25, 0.3) is 0 Å². The molecular weight excluding hydrogens is 185 g/mol. The number of carbonyl (C=O) groups excluding carboxylic acids is 2. The summed E-state index contributed by atoms with van der Waals surface area (Å²) in [4.78, 5) is 24.0. The molecule has 0 saturated carbocycles. The number of hydrogen-bond donors (Lipinski definition) is 1. The Morgan fingerprint density at radius 3 is 2.86 bits per heavy atom. The van der Waals surface area contributed by atoms with Gasteiger partial charge < -0.3 is 14.6 Å². The molecule has 78 valence electrons. The van der Waals surface area contributed by atoms with E-state index in [0.717, 1.165) is 0 Å². The third-order valence-corrected chi connectivity index (χ3v) is 2.42. The van der Waals surface area contributed by atoms with Crippen LogP contribution in [0.3, 0.4) is 0 Å². The Labute approximate surface area is 83.2 Å². The van der Waals surface area contributed by atoms with Crippen LogP contribution in [0.15, 0.2) is 0 Å². The smallest absolute Gasteiger partial charge is 0.377 e. The molecule has 1 fully saturated rings. The van der Waals surface area contributed by atoms with Crippen LogP contribution in [-0.2, 0) is 14.3 Å². The number of hydrogen-bond acceptors (Lipinski definition) is 5. The van der Waals surface area contributed by atoms with Gasteiger partial charge in [0.2, 0.25) is 0 Å². The van der Waals surface area contributed by atoms with Gasteiger partial charge in [-0.05, 0) is 13.4 Å². The van der Waals surface area contributed by atoms with E-state index in [1.165, 1.54) is 7.11 Å². The second-order valence-corrected chi connectivity index (χ2v) is 3.40. The third kappa shape index (κ3) is 2.33. The predicted molar refractivity (Wildman–Crippen MR) is 50.6 cm³/mol. The zero-order valence-electron chi connectivity index (χ0n) is 8.40. The van der Waals surface area contributed by atoms with Gasteiger partial charge in [0, 0.05) is 12.8 Å². The normalized spacial score (nSPS) is 23.4. The standard InChI is InChI=1S/C8H14BNO4/c1-9(13)10-4-3-6(11)5-7(10)8(12)14-2/h7,13H,3-5H2,1-2H3/t7-/m1/s1. The number of rotatable bonds is 2. The van der Waals surface area contributed by atoms with Gasteiger partial charge in [0.1, 0.15) is 11.8 Å². The van der Waals surface area contributed by atoms with Gasteiger partial charge in [0.25, 0.3) is 0 Å². The Kier molecular flexibility index (Phi) is 3.65. The van der Waals surface area contributed by atoms with Gasteiger partial charge in [0.05, 0.1) is 7.11 Å². The summed E-state index contributed by atoms with van der Waals surface area (Å²) < 4.78 is 4.57. The van der Waals surface area contributed by atoms with Crippen LogP contribution in [0.5, 0.6) is 0 Å². The lowest BCUT2D eigenvalue weighted by Crippen LogP contribution is -2.53. The summed E-state index contributed by atoms with van der Waals surface area (Å²) in [6.07, 6.45) is 0.524. The highest BCUT2D eigenvalue weighted by Crippen LogP contribution is 2.16. The molecule has 0 aliphatic carbocycles. The van der Waals surface area contributed by atoms with Crippen molar-refractivity contribution in [3.8, 4) is 0 Å². The molecule has 1 atom stereocenters. The third-order valence-electron chi connectivity index (χ3n) is 2.42. The Morgan fingerprint density at radius 1 is 1.71 bits per heavy atom. The van der Waals surface area contributed by atoms with Crippen LogP contribution in [0.4, 0.5) is 0 Å². The summed E-state index contributed by atoms with van der Waals surface area (Å²) in [6.45, 7) is 1.99. The molecule has 5 nitrogen and oxygen atoms in total. The molecule has 1 aliphatic rings. The highest BCUT2D eigenvalue weighted by Gasteiger charge is 2.36. The second kappa shape index (κ2) is 4.57. The van der Waals surface area contributed by atoms with Gasteiger partial charge in [-0.15, -0.1) is 0 Å². The molecule has 6 heteroatoms. The molecule has 14 heavy (non-hydrogen) atoms. The van der Waals surface area contributed by atoms with Gasteiger partial charge in [0.15, 0.2) is 0 Å². The molecule has 0 radical (unpaired) electrons. The first-order valence-corrected chi connectivity index (χ1v) is 4.59. The predicted octanol–water partition coefficient (Wildman–Crippen LogP) is -0.697. The van der Waals surface area contributed by atoms with E-state index >= 15 is 0 Å². The van der Waals surface area contributed by atoms with Crippen molar-refractivity contribution in [2.45, 2.75) is 25.7 Å². The van der Waals surface area contributed by atoms with Crippen molar-refractivity contribution in [1.29, 1.82) is 0 Å². The fourth-order valence-electron chi connectivity index (χ4n) is 1.65. The fraction of sp³-hybridized carbons (Fsp3) is 0.750. The number of nitrogens with zero attached hydrogens (tertiary/aromatic N) is 1. The monoisotopic (exact) mass is 199 g/mol. The van der Waals surface area contributed by atoms with Crippen molar-refractivity contribution in [1.82, 2.24) is 4.81 Å². The lowest BCUT2D eigenvalue weighted by Gasteiger charge is -2.33. The molecule has 1 N–H and O–H groups in total. The topological polar surface area (TPSA) is 66.8 Å². The summed E-state index contributed by atoms with van der Waals surface area (Å²) in [7, 11) is 0.550. The number of carbonyl (C=O) groups is 2. The van der Waals surface area contributed by atoms with E-state index in [0.29, 0.717) is 13.0 Å². The Morgan fingerprint density at radius 2 is 2.36 bits per heavy atom. The van der Waals surface area contributed by atoms with E-state index in [-0.39, 0.29) is 12.2 Å². The SMILES string of the molecule is COC(=O)[C@H]1CC(=O)CCN1B(C)O. The van der Waals surface area contributed by atoms with E-state index in [2.05, 4.69) is 4.74 Å². The minimum Gasteiger partial charge on any atom is -0.468 e. The second-order valence-electron chi connectivity index (χ2n) is 3.40. The Balaban J connectivity index is 2.73. The summed E-state index contributed by atoms with van der Waals surface area (Å²) >= 11 is 0. The maximum Gasteiger partial charge on any atom is 0.377 e. The van der Waals surface area contributed by atoms with Crippen molar-refractivity contribution in [2.24, 2.45) is 0 Å². The molecule has 0 aromatic heterocycles. The molecular formula is C8H14BNO4. The summed E-state index contributed by atoms with van der Waals surface area (Å²) in [5.41, 5.74) is 0. The van der Waals surface area contributed by atoms with Crippen molar-refractivity contribution < 1.29 is 19.3 Å². The first kappa shape index (κ1) is 11.2. The lowest BCUT2D eigenvalue weighted by atomic mass is 9.79. The van der Waals surface area contributed by atoms with E-state index < -0.39 is 19.1 Å². The van der Waals surface area contributed by atoms with Crippen LogP contribution in [0, 0.1) is 0 Å². The first-order chi connectivity index (χ1) is 6.56. The van der Waals surface area contributed by atoms with Crippen molar-refractivity contribution in [3.05, 3.63) is 0 Å². The molecule has 1 heterocycles. The van der Waals surface area contributed by atoms with Crippen LogP contribution >= 0.6 is 0 Å². The van der Waals surface area contributed by atoms with E-state index in [9.17, 15) is 14.6 Å². The molecule has 0 spiro atoms. The fourth-order valence-corrected chi connectivity index (χ4v) is 1.65. The number of methoxy groups -OCH3 is 1. The first-order valence-electron chi connectivity index (χ1n) is 4.59. The minimum absolute atomic E-state index is 0.0392. The Hall–Kier alpha value is -0.875. The molecule has 1 saturated heterocycles. The zero-order chi connectivity index (χ0) is 10.7. The van der Waals surface area contributed by atoms with Gasteiger partial charge in [-0.2, -0.15) is 0 Å². The van der Waals surface area contributed by atoms with E-state index in [1.54, 1.807) is 11.6 Å². The maximum atomic E-state index is 11.3. The van der Waals surface area contributed by atoms with Gasteiger partial charge >= 0.3 is 13.0 Å². The molecule has 0 unspecified atom stereocenters. The largest absolute Gasteiger partial charge is 0.468 e. The number of ether oxygens (including phenoxy) is 1. The molecule has 1 rings (SSSR count). The van der Waals surface area contributed by atoms with Crippen molar-refractivity contribution in [3.63, 3.8) is 0 Å². The van der Waals surface area contributed by atoms with E-state index in [1.807, 2.05) is 0 Å². The highest BCUT2D eigenvalue weighted by atomic mass is 16.5. The van der Waals surface area contributed by atoms with Crippen molar-refractivity contribution >= 4 is 18.8 Å². The quantitative estimate of drug-likeness (QED) is 0.470. The van der Waals surface area contributed by atoms with E-state index in [4.69, 9.17) is 0 Å². The van der Waals surface area contributed by atoms with Gasteiger partial charge in [-0.1, -0.05) is 0 Å². The number of Topliss-reactive ketones (excluding diaryl/α,β-unsaturated/α-hetero) is 1. The molecule has 0 bridgehead atoms. The lowest BCUT2D eigenvalue weighted by molar-refractivity contribution is -0.148. The van der Waals surface area contributed by atoms with Gasteiger partial charge in [-0.25, -0.2) is 0 Å². The van der Waals surface area contributed by atoms with Crippen LogP contribution < -0.4 is 0 Å². The number of piperidine rings is 1. The average Bonchev–Trinajstić information content (AvgIpc) is 2.16. The van der Waals surface area contributed by atoms with Crippen molar-refractivity contribution in [2.75, 3.05) is 13.7 Å². The molecule has 0 aromatic rings. The van der Waals surface area contributed by atoms with Crippen LogP contribution in [0.1, 0.15) is 12.8 Å². The summed E-state index contributed by atoms with van der Waals surface area (Å²) in [5.74, 6) is -0.420. The number of esters is 1. The van der Waals surface area contributed by atoms with Gasteiger partial charge in [-0.3, -0.25) is 9.59 Å². The average molecular weight is 199 g/mol. The highest BCUT2D eigenvalue weighted by molar-refractivity contribution is 6.46. The molecule has 1 aliphatic heterocycles. The van der Waals surface area contributed by atoms with Crippen LogP contribution in [-0.4, -0.2) is 48.3 Å². The summed E-state index contributed by atoms with van der Waals surface area (Å²) in [5, 5.41) is 9.39. The zero-order valence-corrected chi connectivity index (χ0v) is 8.40. The summed E-state index contributed by atoms with van der Waals surface area (Å²) in [6, 6.07) is -0.624.